The van der Waals surface area contributed by atoms with Gasteiger partial charge in [0.1, 0.15) is 17.5 Å². The predicted molar refractivity (Wildman–Crippen MR) is 242 cm³/mol. The zero-order valence-electron chi connectivity index (χ0n) is 37.8. The normalized spacial score (nSPS) is 24.4. The van der Waals surface area contributed by atoms with Gasteiger partial charge < -0.3 is 34.3 Å². The van der Waals surface area contributed by atoms with Gasteiger partial charge in [0.25, 0.3) is 0 Å². The van der Waals surface area contributed by atoms with Crippen LogP contribution >= 0.6 is 0 Å². The van der Waals surface area contributed by atoms with Gasteiger partial charge in [-0.25, -0.2) is 0 Å². The van der Waals surface area contributed by atoms with Gasteiger partial charge in [0, 0.05) is 37.4 Å². The summed E-state index contributed by atoms with van der Waals surface area (Å²) in [5.41, 5.74) is 4.69. The molecule has 2 bridgehead atoms. The second-order valence-electron chi connectivity index (χ2n) is 19.0. The van der Waals surface area contributed by atoms with Crippen molar-refractivity contribution >= 4 is 11.7 Å². The van der Waals surface area contributed by atoms with Crippen molar-refractivity contribution in [1.29, 1.82) is 0 Å². The molecule has 5 atom stereocenters. The van der Waals surface area contributed by atoms with Crippen LogP contribution in [-0.4, -0.2) is 78.9 Å². The quantitative estimate of drug-likeness (QED) is 0.0912. The number of hydrogen-bond acceptors (Lipinski definition) is 8. The SMILES string of the molecule is Cc1ccc([C@]23OC[C@](C(C)(C)O)(O2)[C@@H](C)[C@H](OCc2ccccc2)[C@H]3OCc2ccccc2)cc1Cc1ccc(CCCC(=O)CC2(C(=O)NCCN(C)C)CCCC2)cc1. The van der Waals surface area contributed by atoms with Crippen molar-refractivity contribution in [2.24, 2.45) is 11.3 Å². The minimum atomic E-state index is -1.35. The summed E-state index contributed by atoms with van der Waals surface area (Å²) in [7, 11) is 3.99. The van der Waals surface area contributed by atoms with Crippen molar-refractivity contribution in [2.45, 2.75) is 128 Å². The Hall–Kier alpha value is -4.22. The van der Waals surface area contributed by atoms with Crippen molar-refractivity contribution in [2.75, 3.05) is 33.8 Å². The molecular weight excluding hydrogens is 777 g/mol. The molecule has 9 nitrogen and oxygen atoms in total. The van der Waals surface area contributed by atoms with Gasteiger partial charge in [-0.1, -0.05) is 117 Å². The molecule has 7 rings (SSSR count). The number of aliphatic hydroxyl groups is 1. The lowest BCUT2D eigenvalue weighted by Crippen LogP contribution is -2.68. The van der Waals surface area contributed by atoms with E-state index in [1.54, 1.807) is 13.8 Å². The zero-order chi connectivity index (χ0) is 44.0. The molecule has 2 saturated heterocycles. The Labute approximate surface area is 369 Å². The molecule has 1 saturated carbocycles. The van der Waals surface area contributed by atoms with Gasteiger partial charge in [-0.15, -0.1) is 0 Å². The number of ketones is 1. The molecule has 3 fully saturated rings. The Morgan fingerprint density at radius 2 is 1.48 bits per heavy atom. The van der Waals surface area contributed by atoms with Gasteiger partial charge in [0.15, 0.2) is 0 Å². The van der Waals surface area contributed by atoms with Gasteiger partial charge in [-0.05, 0) is 106 Å². The number of carbonyl (C=O) groups is 2. The van der Waals surface area contributed by atoms with Gasteiger partial charge in [0.2, 0.25) is 11.7 Å². The number of fused-ring (bicyclic) bond motifs is 2. The Morgan fingerprint density at radius 1 is 0.855 bits per heavy atom. The molecule has 0 unspecified atom stereocenters. The molecule has 0 radical (unpaired) electrons. The van der Waals surface area contributed by atoms with E-state index >= 15 is 0 Å². The first-order chi connectivity index (χ1) is 29.7. The van der Waals surface area contributed by atoms with Crippen molar-refractivity contribution < 1.29 is 33.6 Å². The molecule has 2 heterocycles. The number of nitrogens with one attached hydrogen (secondary N) is 1. The molecule has 332 valence electrons. The zero-order valence-corrected chi connectivity index (χ0v) is 37.8. The lowest BCUT2D eigenvalue weighted by molar-refractivity contribution is -0.352. The molecule has 3 aliphatic rings. The molecule has 0 aromatic heterocycles. The number of likely N-dealkylation sites (N-methyl/N-ethyl adjacent to an activating group) is 1. The van der Waals surface area contributed by atoms with E-state index in [-0.39, 0.29) is 24.2 Å². The Balaban J connectivity index is 1.06. The van der Waals surface area contributed by atoms with Crippen LogP contribution in [0.15, 0.2) is 103 Å². The number of Topliss-reactive ketones (excluding diaryl/α,β-unsaturated/α-hetero) is 1. The van der Waals surface area contributed by atoms with Crippen LogP contribution in [0.25, 0.3) is 0 Å². The van der Waals surface area contributed by atoms with Gasteiger partial charge >= 0.3 is 0 Å². The van der Waals surface area contributed by atoms with Crippen molar-refractivity contribution in [3.63, 3.8) is 0 Å². The summed E-state index contributed by atoms with van der Waals surface area (Å²) < 4.78 is 27.9. The lowest BCUT2D eigenvalue weighted by atomic mass is 9.70. The molecule has 2 N–H and O–H groups in total. The van der Waals surface area contributed by atoms with Crippen molar-refractivity contribution in [3.8, 4) is 0 Å². The van der Waals surface area contributed by atoms with Crippen LogP contribution in [0.2, 0.25) is 0 Å². The highest BCUT2D eigenvalue weighted by Crippen LogP contribution is 2.57. The molecule has 1 amide bonds. The van der Waals surface area contributed by atoms with E-state index in [0.717, 1.165) is 72.9 Å². The number of rotatable bonds is 20. The summed E-state index contributed by atoms with van der Waals surface area (Å²) in [6, 6.07) is 35.3. The third-order valence-electron chi connectivity index (χ3n) is 13.8. The molecule has 62 heavy (non-hydrogen) atoms. The monoisotopic (exact) mass is 845 g/mol. The van der Waals surface area contributed by atoms with Gasteiger partial charge in [0.05, 0.1) is 36.9 Å². The number of hydrogen-bond donors (Lipinski definition) is 2. The van der Waals surface area contributed by atoms with Crippen LogP contribution < -0.4 is 5.32 Å². The Bertz CT molecular complexity index is 2090. The van der Waals surface area contributed by atoms with Gasteiger partial charge in [-0.3, -0.25) is 9.59 Å². The van der Waals surface area contributed by atoms with Crippen LogP contribution in [0.5, 0.6) is 0 Å². The fourth-order valence-electron chi connectivity index (χ4n) is 9.97. The van der Waals surface area contributed by atoms with E-state index < -0.39 is 34.6 Å². The third-order valence-corrected chi connectivity index (χ3v) is 13.8. The first-order valence-electron chi connectivity index (χ1n) is 22.7. The maximum atomic E-state index is 13.2. The van der Waals surface area contributed by atoms with E-state index in [1.165, 1.54) is 11.1 Å². The summed E-state index contributed by atoms with van der Waals surface area (Å²) >= 11 is 0. The van der Waals surface area contributed by atoms with Crippen LogP contribution in [0.3, 0.4) is 0 Å². The summed E-state index contributed by atoms with van der Waals surface area (Å²) in [6.07, 6.45) is 5.55. The fraction of sp³-hybridized carbons (Fsp3) is 0.509. The standard InChI is InChI=1S/C53H68N2O7/c1-38-22-27-45(33-44(38)32-41-25-23-40(24-26-41)20-15-21-46(56)34-51(28-13-14-29-51)49(57)54-30-31-55(5)6)53-48(60-36-43-18-11-8-12-19-43)47(59-35-42-16-9-7-10-17-42)39(2)52(62-53,37-61-53)50(3,4)58/h7-12,16-19,22-27,33,39,47-48,58H,13-15,20-21,28-32,34-37H2,1-6H3,(H,54,57)/t39-,47-,48+,52-,53-/m0/s1. The largest absolute Gasteiger partial charge is 0.387 e. The van der Waals surface area contributed by atoms with E-state index in [1.807, 2.05) is 62.6 Å². The topological polar surface area (TPSA) is 107 Å². The summed E-state index contributed by atoms with van der Waals surface area (Å²) in [4.78, 5) is 28.5. The average Bonchev–Trinajstić information content (AvgIpc) is 3.89. The number of nitrogens with zero attached hydrogens (tertiary/aromatic N) is 1. The number of ether oxygens (including phenoxy) is 4. The second kappa shape index (κ2) is 19.7. The number of benzene rings is 4. The van der Waals surface area contributed by atoms with Crippen LogP contribution in [0.4, 0.5) is 0 Å². The highest BCUT2D eigenvalue weighted by atomic mass is 16.8. The molecular formula is C53H68N2O7. The maximum Gasteiger partial charge on any atom is 0.226 e. The van der Waals surface area contributed by atoms with Gasteiger partial charge in [-0.2, -0.15) is 0 Å². The summed E-state index contributed by atoms with van der Waals surface area (Å²) in [5, 5.41) is 14.9. The smallest absolute Gasteiger partial charge is 0.226 e. The van der Waals surface area contributed by atoms with Crippen LogP contribution in [-0.2, 0) is 60.4 Å². The lowest BCUT2D eigenvalue weighted by Gasteiger charge is -2.54. The number of amides is 1. The average molecular weight is 845 g/mol. The molecule has 1 aliphatic carbocycles. The van der Waals surface area contributed by atoms with Crippen molar-refractivity contribution in [3.05, 3.63) is 142 Å². The van der Waals surface area contributed by atoms with E-state index in [4.69, 9.17) is 18.9 Å². The second-order valence-corrected chi connectivity index (χ2v) is 19.0. The highest BCUT2D eigenvalue weighted by Gasteiger charge is 2.71. The Kier molecular flexibility index (Phi) is 14.5. The molecule has 4 aromatic rings. The third kappa shape index (κ3) is 10.1. The van der Waals surface area contributed by atoms with Crippen LogP contribution in [0, 0.1) is 18.3 Å². The summed E-state index contributed by atoms with van der Waals surface area (Å²) in [5.74, 6) is -1.39. The first-order valence-corrected chi connectivity index (χ1v) is 22.7. The first kappa shape index (κ1) is 45.8. The van der Waals surface area contributed by atoms with E-state index in [9.17, 15) is 14.7 Å². The van der Waals surface area contributed by atoms with E-state index in [0.29, 0.717) is 39.0 Å². The fourth-order valence-corrected chi connectivity index (χ4v) is 9.97. The molecule has 4 aromatic carbocycles. The molecule has 2 aliphatic heterocycles. The molecule has 0 spiro atoms. The number of aryl methyl sites for hydroxylation is 2. The predicted octanol–water partition coefficient (Wildman–Crippen LogP) is 8.64. The van der Waals surface area contributed by atoms with E-state index in [2.05, 4.69) is 78.7 Å². The Morgan fingerprint density at radius 3 is 2.11 bits per heavy atom. The molecule has 9 heteroatoms. The van der Waals surface area contributed by atoms with Crippen molar-refractivity contribution in [1.82, 2.24) is 10.2 Å². The number of carbonyl (C=O) groups excluding carboxylic acids is 2. The van der Waals surface area contributed by atoms with Crippen LogP contribution in [0.1, 0.15) is 105 Å². The minimum Gasteiger partial charge on any atom is -0.387 e. The minimum absolute atomic E-state index is 0.0494. The highest BCUT2D eigenvalue weighted by molar-refractivity contribution is 5.90. The maximum absolute atomic E-state index is 13.2. The summed E-state index contributed by atoms with van der Waals surface area (Å²) in [6.45, 7) is 10.1.